The van der Waals surface area contributed by atoms with Crippen LogP contribution in [-0.2, 0) is 4.74 Å². The van der Waals surface area contributed by atoms with Crippen molar-refractivity contribution in [3.05, 3.63) is 42.0 Å². The minimum atomic E-state index is -0.414. The van der Waals surface area contributed by atoms with E-state index in [1.165, 1.54) is 0 Å². The molecule has 2 aromatic rings. The van der Waals surface area contributed by atoms with E-state index < -0.39 is 5.97 Å². The minimum Gasteiger partial charge on any atom is -0.461 e. The van der Waals surface area contributed by atoms with Gasteiger partial charge >= 0.3 is 5.97 Å². The molecule has 0 aliphatic heterocycles. The monoisotopic (exact) mass is 245 g/mol. The molecule has 1 aromatic carbocycles. The summed E-state index contributed by atoms with van der Waals surface area (Å²) in [5, 5.41) is 0. The van der Waals surface area contributed by atoms with Crippen LogP contribution >= 0.6 is 0 Å². The van der Waals surface area contributed by atoms with Gasteiger partial charge in [0.05, 0.1) is 23.7 Å². The lowest BCUT2D eigenvalue weighted by Crippen LogP contribution is -2.08. The van der Waals surface area contributed by atoms with Crippen molar-refractivity contribution in [2.75, 3.05) is 12.3 Å². The highest BCUT2D eigenvalue weighted by Crippen LogP contribution is 2.20. The number of nitrogens with zero attached hydrogens (tertiary/aromatic N) is 2. The van der Waals surface area contributed by atoms with Crippen molar-refractivity contribution in [1.82, 2.24) is 9.55 Å². The molecule has 18 heavy (non-hydrogen) atoms. The van der Waals surface area contributed by atoms with E-state index in [9.17, 15) is 4.79 Å². The maximum Gasteiger partial charge on any atom is 0.358 e. The van der Waals surface area contributed by atoms with E-state index in [0.29, 0.717) is 23.7 Å². The van der Waals surface area contributed by atoms with Crippen molar-refractivity contribution in [1.29, 1.82) is 0 Å². The van der Waals surface area contributed by atoms with Gasteiger partial charge in [0.15, 0.2) is 5.69 Å². The second-order valence-electron chi connectivity index (χ2n) is 3.83. The van der Waals surface area contributed by atoms with Gasteiger partial charge in [-0.05, 0) is 26.0 Å². The quantitative estimate of drug-likeness (QED) is 0.662. The number of rotatable bonds is 3. The van der Waals surface area contributed by atoms with Crippen LogP contribution in [0, 0.1) is 6.92 Å². The highest BCUT2D eigenvalue weighted by Gasteiger charge is 2.17. The van der Waals surface area contributed by atoms with Crippen LogP contribution in [0.4, 0.5) is 5.69 Å². The topological polar surface area (TPSA) is 70.1 Å². The molecule has 0 saturated carbocycles. The van der Waals surface area contributed by atoms with Crippen molar-refractivity contribution in [2.24, 2.45) is 0 Å². The molecule has 94 valence electrons. The number of para-hydroxylation sites is 2. The molecule has 0 fully saturated rings. The van der Waals surface area contributed by atoms with Gasteiger partial charge < -0.3 is 15.0 Å². The number of hydrogen-bond acceptors (Lipinski definition) is 4. The number of carbonyl (C=O) groups is 1. The molecule has 0 aliphatic carbocycles. The molecular weight excluding hydrogens is 230 g/mol. The van der Waals surface area contributed by atoms with E-state index >= 15 is 0 Å². The van der Waals surface area contributed by atoms with Crippen molar-refractivity contribution in [2.45, 2.75) is 13.8 Å². The van der Waals surface area contributed by atoms with Crippen LogP contribution in [0.1, 0.15) is 23.1 Å². The number of esters is 1. The number of ether oxygens (including phenoxy) is 1. The lowest BCUT2D eigenvalue weighted by atomic mass is 10.2. The minimum absolute atomic E-state index is 0.320. The first-order valence-electron chi connectivity index (χ1n) is 5.71. The third-order valence-electron chi connectivity index (χ3n) is 2.67. The molecule has 0 aliphatic rings. The van der Waals surface area contributed by atoms with E-state index in [1.54, 1.807) is 23.9 Å². The number of aromatic nitrogens is 2. The number of benzene rings is 1. The first-order chi connectivity index (χ1) is 8.65. The molecule has 5 nitrogen and oxygen atoms in total. The largest absolute Gasteiger partial charge is 0.461 e. The summed E-state index contributed by atoms with van der Waals surface area (Å²) in [6.07, 6.45) is 1.58. The number of nitrogen functional groups attached to an aromatic ring is 1. The average molecular weight is 245 g/mol. The summed E-state index contributed by atoms with van der Waals surface area (Å²) in [6.45, 7) is 3.91. The predicted molar refractivity (Wildman–Crippen MR) is 68.7 cm³/mol. The van der Waals surface area contributed by atoms with E-state index in [-0.39, 0.29) is 0 Å². The van der Waals surface area contributed by atoms with Crippen LogP contribution < -0.4 is 5.73 Å². The highest BCUT2D eigenvalue weighted by atomic mass is 16.5. The Balaban J connectivity index is 2.43. The van der Waals surface area contributed by atoms with Crippen LogP contribution in [0.15, 0.2) is 30.6 Å². The third kappa shape index (κ3) is 2.07. The fraction of sp³-hybridized carbons (Fsp3) is 0.231. The van der Waals surface area contributed by atoms with Gasteiger partial charge in [-0.1, -0.05) is 12.1 Å². The SMILES string of the molecule is CCOC(=O)c1ncn(-c2ccccc2N)c1C. The van der Waals surface area contributed by atoms with Gasteiger partial charge in [0, 0.05) is 0 Å². The Morgan fingerprint density at radius 2 is 2.17 bits per heavy atom. The number of anilines is 1. The van der Waals surface area contributed by atoms with E-state index in [1.807, 2.05) is 25.1 Å². The molecule has 2 rings (SSSR count). The smallest absolute Gasteiger partial charge is 0.358 e. The number of carbonyl (C=O) groups excluding carboxylic acids is 1. The normalized spacial score (nSPS) is 10.3. The van der Waals surface area contributed by atoms with Crippen molar-refractivity contribution >= 4 is 11.7 Å². The van der Waals surface area contributed by atoms with Gasteiger partial charge in [0.1, 0.15) is 6.33 Å². The molecule has 0 atom stereocenters. The maximum atomic E-state index is 11.7. The maximum absolute atomic E-state index is 11.7. The Bertz CT molecular complexity index is 575. The molecular formula is C13H15N3O2. The first-order valence-corrected chi connectivity index (χ1v) is 5.71. The summed E-state index contributed by atoms with van der Waals surface area (Å²) in [4.78, 5) is 15.8. The molecule has 1 aromatic heterocycles. The summed E-state index contributed by atoms with van der Waals surface area (Å²) < 4.78 is 6.72. The molecule has 0 amide bonds. The third-order valence-corrected chi connectivity index (χ3v) is 2.67. The van der Waals surface area contributed by atoms with Gasteiger partial charge in [0.2, 0.25) is 0 Å². The molecule has 0 bridgehead atoms. The summed E-state index contributed by atoms with van der Waals surface area (Å²) in [5.74, 6) is -0.414. The molecule has 5 heteroatoms. The summed E-state index contributed by atoms with van der Waals surface area (Å²) >= 11 is 0. The lowest BCUT2D eigenvalue weighted by Gasteiger charge is -2.08. The van der Waals surface area contributed by atoms with Crippen LogP contribution in [0.3, 0.4) is 0 Å². The fourth-order valence-electron chi connectivity index (χ4n) is 1.76. The molecule has 0 spiro atoms. The summed E-state index contributed by atoms with van der Waals surface area (Å²) in [5.41, 5.74) is 8.37. The van der Waals surface area contributed by atoms with E-state index in [4.69, 9.17) is 10.5 Å². The van der Waals surface area contributed by atoms with Crippen molar-refractivity contribution in [3.8, 4) is 5.69 Å². The van der Waals surface area contributed by atoms with Crippen LogP contribution in [0.25, 0.3) is 5.69 Å². The molecule has 0 radical (unpaired) electrons. The van der Waals surface area contributed by atoms with E-state index in [2.05, 4.69) is 4.98 Å². The van der Waals surface area contributed by atoms with Gasteiger partial charge in [-0.15, -0.1) is 0 Å². The Kier molecular flexibility index (Phi) is 3.32. The van der Waals surface area contributed by atoms with E-state index in [0.717, 1.165) is 5.69 Å². The zero-order valence-electron chi connectivity index (χ0n) is 10.4. The predicted octanol–water partition coefficient (Wildman–Crippen LogP) is 1.94. The second kappa shape index (κ2) is 4.91. The molecule has 0 unspecified atom stereocenters. The summed E-state index contributed by atoms with van der Waals surface area (Å²) in [7, 11) is 0. The number of nitrogens with two attached hydrogens (primary N) is 1. The van der Waals surface area contributed by atoms with Crippen LogP contribution in [0.5, 0.6) is 0 Å². The zero-order chi connectivity index (χ0) is 13.1. The molecule has 0 saturated heterocycles. The van der Waals surface area contributed by atoms with Gasteiger partial charge in [-0.25, -0.2) is 9.78 Å². The van der Waals surface area contributed by atoms with Crippen LogP contribution in [0.2, 0.25) is 0 Å². The lowest BCUT2D eigenvalue weighted by molar-refractivity contribution is 0.0519. The fourth-order valence-corrected chi connectivity index (χ4v) is 1.76. The Hall–Kier alpha value is -2.30. The standard InChI is InChI=1S/C13H15N3O2/c1-3-18-13(17)12-9(2)16(8-15-12)11-7-5-4-6-10(11)14/h4-8H,3,14H2,1-2H3. The first kappa shape index (κ1) is 12.2. The number of imidazole rings is 1. The van der Waals surface area contributed by atoms with Gasteiger partial charge in [-0.2, -0.15) is 0 Å². The van der Waals surface area contributed by atoms with Gasteiger partial charge in [0.25, 0.3) is 0 Å². The van der Waals surface area contributed by atoms with Crippen molar-refractivity contribution in [3.63, 3.8) is 0 Å². The molecule has 1 heterocycles. The summed E-state index contributed by atoms with van der Waals surface area (Å²) in [6, 6.07) is 7.42. The average Bonchev–Trinajstić information content (AvgIpc) is 2.72. The van der Waals surface area contributed by atoms with Crippen molar-refractivity contribution < 1.29 is 9.53 Å². The van der Waals surface area contributed by atoms with Gasteiger partial charge in [-0.3, -0.25) is 0 Å². The molecule has 2 N–H and O–H groups in total. The zero-order valence-corrected chi connectivity index (χ0v) is 10.4. The second-order valence-corrected chi connectivity index (χ2v) is 3.83. The number of hydrogen-bond donors (Lipinski definition) is 1. The highest BCUT2D eigenvalue weighted by molar-refractivity contribution is 5.88. The Morgan fingerprint density at radius 1 is 1.44 bits per heavy atom. The van der Waals surface area contributed by atoms with Crippen LogP contribution in [-0.4, -0.2) is 22.1 Å². The Morgan fingerprint density at radius 3 is 2.83 bits per heavy atom. The Labute approximate surface area is 105 Å².